The van der Waals surface area contributed by atoms with Gasteiger partial charge in [0.1, 0.15) is 12.5 Å². The van der Waals surface area contributed by atoms with Crippen LogP contribution in [0, 0.1) is 5.82 Å². The molecule has 0 bridgehead atoms. The first kappa shape index (κ1) is 6.99. The van der Waals surface area contributed by atoms with Crippen molar-refractivity contribution >= 4 is 5.69 Å². The molecule has 0 atom stereocenters. The van der Waals surface area contributed by atoms with Crippen molar-refractivity contribution in [1.82, 2.24) is 0 Å². The summed E-state index contributed by atoms with van der Waals surface area (Å²) in [5.74, 6) is -0.581. The molecule has 1 aromatic rings. The molecule has 2 N–H and O–H groups in total. The lowest BCUT2D eigenvalue weighted by atomic mass is 10.2. The molecule has 0 aliphatic rings. The van der Waals surface area contributed by atoms with Crippen molar-refractivity contribution in [3.8, 4) is 0 Å². The number of benzene rings is 1. The molecule has 10 heavy (non-hydrogen) atoms. The molecule has 0 spiro atoms. The number of hydrogen-bond donors (Lipinski definition) is 1. The highest BCUT2D eigenvalue weighted by Crippen LogP contribution is 2.12. The number of nitrogens with two attached hydrogens (primary N) is 1. The molecule has 0 aromatic heterocycles. The molecule has 0 aliphatic carbocycles. The summed E-state index contributed by atoms with van der Waals surface area (Å²) in [4.78, 5) is 0. The van der Waals surface area contributed by atoms with Gasteiger partial charge in [-0.3, -0.25) is 0 Å². The van der Waals surface area contributed by atoms with Gasteiger partial charge in [-0.1, -0.05) is 6.07 Å². The van der Waals surface area contributed by atoms with Crippen LogP contribution in [0.5, 0.6) is 0 Å². The van der Waals surface area contributed by atoms with Gasteiger partial charge < -0.3 is 5.73 Å². The molecule has 0 heterocycles. The summed E-state index contributed by atoms with van der Waals surface area (Å²) in [5, 5.41) is 0. The molecule has 1 nitrogen and oxygen atoms in total. The maximum absolute atomic E-state index is 12.5. The van der Waals surface area contributed by atoms with Gasteiger partial charge in [-0.15, -0.1) is 0 Å². The SMILES string of the molecule is Nc1ccc(CF)c(F)c1. The smallest absolute Gasteiger partial charge is 0.131 e. The number of halogens is 2. The zero-order chi connectivity index (χ0) is 7.56. The summed E-state index contributed by atoms with van der Waals surface area (Å²) in [6, 6.07) is 3.91. The Morgan fingerprint density at radius 1 is 1.40 bits per heavy atom. The molecule has 0 unspecified atom stereocenters. The highest BCUT2D eigenvalue weighted by molar-refractivity contribution is 5.40. The second-order valence-corrected chi connectivity index (χ2v) is 1.98. The third kappa shape index (κ3) is 1.23. The first-order valence-electron chi connectivity index (χ1n) is 2.84. The summed E-state index contributed by atoms with van der Waals surface area (Å²) >= 11 is 0. The van der Waals surface area contributed by atoms with E-state index in [4.69, 9.17) is 5.73 Å². The Kier molecular flexibility index (Phi) is 1.85. The standard InChI is InChI=1S/C7H7F2N/c8-4-5-1-2-6(10)3-7(5)9/h1-3H,4,10H2. The Balaban J connectivity index is 3.07. The van der Waals surface area contributed by atoms with Crippen molar-refractivity contribution in [3.63, 3.8) is 0 Å². The number of hydrogen-bond acceptors (Lipinski definition) is 1. The van der Waals surface area contributed by atoms with Crippen LogP contribution in [0.15, 0.2) is 18.2 Å². The Bertz CT molecular complexity index is 235. The fraction of sp³-hybridized carbons (Fsp3) is 0.143. The third-order valence-electron chi connectivity index (χ3n) is 1.22. The van der Waals surface area contributed by atoms with E-state index in [0.717, 1.165) is 6.07 Å². The molecule has 0 fully saturated rings. The van der Waals surface area contributed by atoms with Crippen LogP contribution in [0.3, 0.4) is 0 Å². The van der Waals surface area contributed by atoms with E-state index in [1.165, 1.54) is 12.1 Å². The van der Waals surface area contributed by atoms with Gasteiger partial charge in [-0.2, -0.15) is 0 Å². The molecule has 0 radical (unpaired) electrons. The topological polar surface area (TPSA) is 26.0 Å². The molecular weight excluding hydrogens is 136 g/mol. The van der Waals surface area contributed by atoms with E-state index in [-0.39, 0.29) is 5.56 Å². The summed E-state index contributed by atoms with van der Waals surface area (Å²) in [6.45, 7) is -0.786. The normalized spacial score (nSPS) is 9.80. The molecule has 54 valence electrons. The van der Waals surface area contributed by atoms with E-state index >= 15 is 0 Å². The summed E-state index contributed by atoms with van der Waals surface area (Å²) in [7, 11) is 0. The lowest BCUT2D eigenvalue weighted by Gasteiger charge is -1.97. The van der Waals surface area contributed by atoms with Gasteiger partial charge >= 0.3 is 0 Å². The van der Waals surface area contributed by atoms with Gasteiger partial charge in [0, 0.05) is 11.3 Å². The minimum atomic E-state index is -0.786. The minimum Gasteiger partial charge on any atom is -0.399 e. The van der Waals surface area contributed by atoms with Crippen molar-refractivity contribution in [2.24, 2.45) is 0 Å². The van der Waals surface area contributed by atoms with Crippen LogP contribution in [0.1, 0.15) is 5.56 Å². The molecule has 0 saturated carbocycles. The van der Waals surface area contributed by atoms with E-state index < -0.39 is 12.5 Å². The highest BCUT2D eigenvalue weighted by atomic mass is 19.1. The predicted octanol–water partition coefficient (Wildman–Crippen LogP) is 1.88. The molecule has 0 aliphatic heterocycles. The predicted molar refractivity (Wildman–Crippen MR) is 35.6 cm³/mol. The monoisotopic (exact) mass is 143 g/mol. The van der Waals surface area contributed by atoms with E-state index in [1.54, 1.807) is 0 Å². The van der Waals surface area contributed by atoms with Crippen molar-refractivity contribution < 1.29 is 8.78 Å². The molecule has 3 heteroatoms. The molecule has 0 amide bonds. The Morgan fingerprint density at radius 2 is 2.10 bits per heavy atom. The van der Waals surface area contributed by atoms with Crippen molar-refractivity contribution in [1.29, 1.82) is 0 Å². The fourth-order valence-electron chi connectivity index (χ4n) is 0.672. The molecule has 1 aromatic carbocycles. The Hall–Kier alpha value is -1.12. The lowest BCUT2D eigenvalue weighted by Crippen LogP contribution is -1.90. The van der Waals surface area contributed by atoms with E-state index in [1.807, 2.05) is 0 Å². The van der Waals surface area contributed by atoms with E-state index in [0.29, 0.717) is 5.69 Å². The van der Waals surface area contributed by atoms with Gasteiger partial charge in [0.2, 0.25) is 0 Å². The first-order valence-corrected chi connectivity index (χ1v) is 2.84. The van der Waals surface area contributed by atoms with Gasteiger partial charge in [0.05, 0.1) is 0 Å². The maximum Gasteiger partial charge on any atom is 0.131 e. The van der Waals surface area contributed by atoms with Crippen molar-refractivity contribution in [3.05, 3.63) is 29.6 Å². The second-order valence-electron chi connectivity index (χ2n) is 1.98. The third-order valence-corrected chi connectivity index (χ3v) is 1.22. The van der Waals surface area contributed by atoms with Crippen LogP contribution in [0.25, 0.3) is 0 Å². The van der Waals surface area contributed by atoms with Crippen molar-refractivity contribution in [2.45, 2.75) is 6.67 Å². The summed E-state index contributed by atoms with van der Waals surface area (Å²) in [5.41, 5.74) is 5.58. The Labute approximate surface area is 57.5 Å². The second kappa shape index (κ2) is 2.64. The minimum absolute atomic E-state index is 0.0502. The fourth-order valence-corrected chi connectivity index (χ4v) is 0.672. The zero-order valence-corrected chi connectivity index (χ0v) is 5.27. The maximum atomic E-state index is 12.5. The molecular formula is C7H7F2N. The van der Waals surface area contributed by atoms with Crippen molar-refractivity contribution in [2.75, 3.05) is 5.73 Å². The van der Waals surface area contributed by atoms with Crippen LogP contribution < -0.4 is 5.73 Å². The molecule has 1 rings (SSSR count). The van der Waals surface area contributed by atoms with Crippen LogP contribution >= 0.6 is 0 Å². The average molecular weight is 143 g/mol. The summed E-state index contributed by atoms with van der Waals surface area (Å²) < 4.78 is 24.4. The Morgan fingerprint density at radius 3 is 2.60 bits per heavy atom. The number of anilines is 1. The molecule has 0 saturated heterocycles. The van der Waals surface area contributed by atoms with Crippen LogP contribution in [-0.4, -0.2) is 0 Å². The number of rotatable bonds is 1. The lowest BCUT2D eigenvalue weighted by molar-refractivity contribution is 0.464. The highest BCUT2D eigenvalue weighted by Gasteiger charge is 1.99. The largest absolute Gasteiger partial charge is 0.399 e. The van der Waals surface area contributed by atoms with E-state index in [2.05, 4.69) is 0 Å². The zero-order valence-electron chi connectivity index (χ0n) is 5.27. The van der Waals surface area contributed by atoms with Crippen LogP contribution in [0.4, 0.5) is 14.5 Å². The van der Waals surface area contributed by atoms with Gasteiger partial charge in [-0.25, -0.2) is 8.78 Å². The van der Waals surface area contributed by atoms with Crippen LogP contribution in [0.2, 0.25) is 0 Å². The average Bonchev–Trinajstić information content (AvgIpc) is 1.88. The van der Waals surface area contributed by atoms with E-state index in [9.17, 15) is 8.78 Å². The van der Waals surface area contributed by atoms with Gasteiger partial charge in [0.15, 0.2) is 0 Å². The number of alkyl halides is 1. The summed E-state index contributed by atoms with van der Waals surface area (Å²) in [6.07, 6.45) is 0. The van der Waals surface area contributed by atoms with Crippen LogP contribution in [-0.2, 0) is 6.67 Å². The quantitative estimate of drug-likeness (QED) is 0.597. The van der Waals surface area contributed by atoms with Gasteiger partial charge in [-0.05, 0) is 12.1 Å². The first-order chi connectivity index (χ1) is 4.74. The van der Waals surface area contributed by atoms with Gasteiger partial charge in [0.25, 0.3) is 0 Å². The number of nitrogen functional groups attached to an aromatic ring is 1.